The lowest BCUT2D eigenvalue weighted by Crippen LogP contribution is -2.48. The predicted molar refractivity (Wildman–Crippen MR) is 186 cm³/mol. The summed E-state index contributed by atoms with van der Waals surface area (Å²) in [6.07, 6.45) is 6.84. The van der Waals surface area contributed by atoms with Gasteiger partial charge in [0.05, 0.1) is 30.4 Å². The van der Waals surface area contributed by atoms with E-state index in [0.29, 0.717) is 40.8 Å². The number of rotatable bonds is 7. The van der Waals surface area contributed by atoms with Crippen LogP contribution in [0.25, 0.3) is 0 Å². The van der Waals surface area contributed by atoms with Gasteiger partial charge in [0.2, 0.25) is 12.7 Å². The molecule has 2 heterocycles. The van der Waals surface area contributed by atoms with Gasteiger partial charge in [-0.25, -0.2) is 4.79 Å². The minimum atomic E-state index is -0.513. The number of fused-ring (bicyclic) bond motifs is 2. The van der Waals surface area contributed by atoms with Crippen molar-refractivity contribution in [1.29, 1.82) is 0 Å². The van der Waals surface area contributed by atoms with Crippen molar-refractivity contribution < 1.29 is 38.4 Å². The average Bonchev–Trinajstić information content (AvgIpc) is 3.58. The number of carbonyl (C=O) groups is 3. The van der Waals surface area contributed by atoms with E-state index in [0.717, 1.165) is 51.4 Å². The number of nitrogens with one attached hydrogen (secondary N) is 2. The fraction of sp³-hybridized carbons (Fsp3) is 0.595. The Morgan fingerprint density at radius 3 is 2.39 bits per heavy atom. The maximum atomic E-state index is 14.4. The van der Waals surface area contributed by atoms with E-state index >= 15 is 0 Å². The van der Waals surface area contributed by atoms with Gasteiger partial charge in [-0.2, -0.15) is 0 Å². The van der Waals surface area contributed by atoms with Crippen LogP contribution in [-0.4, -0.2) is 91.1 Å². The highest BCUT2D eigenvalue weighted by molar-refractivity contribution is 6.00. The minimum Gasteiger partial charge on any atom is -0.490 e. The number of amides is 4. The lowest BCUT2D eigenvalue weighted by Gasteiger charge is -2.35. The number of likely N-dealkylation sites (N-methyl/N-ethyl adjacent to an activating group) is 1. The largest absolute Gasteiger partial charge is 0.490 e. The molecular weight excluding hydrogens is 628 g/mol. The van der Waals surface area contributed by atoms with Crippen molar-refractivity contribution in [2.75, 3.05) is 50.8 Å². The summed E-state index contributed by atoms with van der Waals surface area (Å²) in [5, 5.41) is 16.2. The molecule has 1 saturated carbocycles. The minimum absolute atomic E-state index is 0.0249. The summed E-state index contributed by atoms with van der Waals surface area (Å²) in [6, 6.07) is 9.66. The molecule has 0 spiro atoms. The van der Waals surface area contributed by atoms with E-state index in [4.69, 9.17) is 18.9 Å². The first-order valence-electron chi connectivity index (χ1n) is 17.7. The van der Waals surface area contributed by atoms with E-state index in [2.05, 4.69) is 10.6 Å². The molecule has 0 bridgehead atoms. The van der Waals surface area contributed by atoms with Crippen molar-refractivity contribution in [2.45, 2.75) is 90.4 Å². The third-order valence-corrected chi connectivity index (χ3v) is 9.72. The summed E-state index contributed by atoms with van der Waals surface area (Å²) in [6.45, 7) is 6.70. The molecular formula is C37H52N4O8. The zero-order valence-electron chi connectivity index (χ0n) is 29.2. The molecule has 5 rings (SSSR count). The van der Waals surface area contributed by atoms with Gasteiger partial charge in [-0.3, -0.25) is 9.59 Å². The zero-order chi connectivity index (χ0) is 34.9. The average molecular weight is 681 g/mol. The van der Waals surface area contributed by atoms with Crippen LogP contribution in [0.3, 0.4) is 0 Å². The van der Waals surface area contributed by atoms with Gasteiger partial charge in [-0.1, -0.05) is 26.2 Å². The first-order chi connectivity index (χ1) is 23.6. The standard InChI is InChI=1S/C37H52N4O8/c1-24-20-41(25(2)22-42)36(44)30-18-28(38-35(43)27-11-6-5-7-12-27)13-15-31(30)49-26(3)10-8-9-17-46-34(24)21-40(4)37(45)39-29-14-16-32-33(19-29)48-23-47-32/h13-16,18-19,24-27,34,42H,5-12,17,20-23H2,1-4H3,(H,38,43)(H,39,45)/t24-,25+,26+,34+/m1/s1. The maximum Gasteiger partial charge on any atom is 0.321 e. The van der Waals surface area contributed by atoms with Crippen molar-refractivity contribution in [1.82, 2.24) is 9.80 Å². The van der Waals surface area contributed by atoms with Crippen LogP contribution in [-0.2, 0) is 9.53 Å². The quantitative estimate of drug-likeness (QED) is 0.329. The number of ether oxygens (including phenoxy) is 4. The van der Waals surface area contributed by atoms with Crippen LogP contribution in [0.2, 0.25) is 0 Å². The van der Waals surface area contributed by atoms with Crippen molar-refractivity contribution in [3.8, 4) is 17.2 Å². The second-order valence-electron chi connectivity index (χ2n) is 13.7. The molecule has 12 nitrogen and oxygen atoms in total. The highest BCUT2D eigenvalue weighted by atomic mass is 16.7. The molecule has 268 valence electrons. The third kappa shape index (κ3) is 9.57. The Balaban J connectivity index is 1.35. The number of aliphatic hydroxyl groups is 1. The second-order valence-corrected chi connectivity index (χ2v) is 13.7. The molecule has 0 unspecified atom stereocenters. The fourth-order valence-electron chi connectivity index (χ4n) is 6.62. The number of hydrogen-bond donors (Lipinski definition) is 3. The Labute approximate surface area is 289 Å². The van der Waals surface area contributed by atoms with Crippen molar-refractivity contribution in [3.63, 3.8) is 0 Å². The zero-order valence-corrected chi connectivity index (χ0v) is 29.2. The van der Waals surface area contributed by atoms with Crippen molar-refractivity contribution in [3.05, 3.63) is 42.0 Å². The Kier molecular flexibility index (Phi) is 12.6. The normalized spacial score (nSPS) is 22.7. The molecule has 4 atom stereocenters. The smallest absolute Gasteiger partial charge is 0.321 e. The first kappa shape index (κ1) is 36.3. The summed E-state index contributed by atoms with van der Waals surface area (Å²) in [5.41, 5.74) is 1.45. The van der Waals surface area contributed by atoms with Crippen LogP contribution in [0.1, 0.15) is 82.5 Å². The summed E-state index contributed by atoms with van der Waals surface area (Å²) >= 11 is 0. The first-order valence-corrected chi connectivity index (χ1v) is 17.7. The van der Waals surface area contributed by atoms with Crippen LogP contribution >= 0.6 is 0 Å². The highest BCUT2D eigenvalue weighted by Crippen LogP contribution is 2.34. The lowest BCUT2D eigenvalue weighted by atomic mass is 9.88. The molecule has 2 aromatic carbocycles. The Bertz CT molecular complexity index is 1450. The summed E-state index contributed by atoms with van der Waals surface area (Å²) < 4.78 is 23.5. The lowest BCUT2D eigenvalue weighted by molar-refractivity contribution is -0.120. The predicted octanol–water partition coefficient (Wildman–Crippen LogP) is 5.89. The molecule has 12 heteroatoms. The molecule has 49 heavy (non-hydrogen) atoms. The molecule has 1 fully saturated rings. The Hall–Kier alpha value is -4.03. The van der Waals surface area contributed by atoms with Gasteiger partial charge in [-0.15, -0.1) is 0 Å². The second kappa shape index (κ2) is 17.1. The van der Waals surface area contributed by atoms with E-state index in [1.54, 1.807) is 60.2 Å². The molecule has 0 saturated heterocycles. The molecule has 2 aromatic rings. The monoisotopic (exact) mass is 680 g/mol. The number of nitrogens with zero attached hydrogens (tertiary/aromatic N) is 2. The number of urea groups is 1. The Morgan fingerprint density at radius 2 is 1.63 bits per heavy atom. The number of carbonyl (C=O) groups excluding carboxylic acids is 3. The van der Waals surface area contributed by atoms with E-state index in [1.165, 1.54) is 0 Å². The summed E-state index contributed by atoms with van der Waals surface area (Å²) in [4.78, 5) is 44.0. The Morgan fingerprint density at radius 1 is 0.939 bits per heavy atom. The van der Waals surface area contributed by atoms with Crippen LogP contribution in [0.15, 0.2) is 36.4 Å². The van der Waals surface area contributed by atoms with Crippen molar-refractivity contribution >= 4 is 29.2 Å². The van der Waals surface area contributed by atoms with Gasteiger partial charge < -0.3 is 44.5 Å². The van der Waals surface area contributed by atoms with Crippen LogP contribution in [0.5, 0.6) is 17.2 Å². The van der Waals surface area contributed by atoms with Gasteiger partial charge in [-0.05, 0) is 76.3 Å². The van der Waals surface area contributed by atoms with E-state index in [9.17, 15) is 19.5 Å². The maximum absolute atomic E-state index is 14.4. The number of anilines is 2. The molecule has 0 aromatic heterocycles. The van der Waals surface area contributed by atoms with E-state index < -0.39 is 12.1 Å². The third-order valence-electron chi connectivity index (χ3n) is 9.72. The van der Waals surface area contributed by atoms with Gasteiger partial charge in [0.15, 0.2) is 11.5 Å². The highest BCUT2D eigenvalue weighted by Gasteiger charge is 2.31. The molecule has 3 aliphatic rings. The van der Waals surface area contributed by atoms with Gasteiger partial charge >= 0.3 is 6.03 Å². The molecule has 1 aliphatic carbocycles. The SMILES string of the molecule is C[C@@H]1CN([C@@H](C)CO)C(=O)c2cc(NC(=O)C3CCCCC3)ccc2O[C@@H](C)CCCCO[C@H]1CN(C)C(=O)Nc1ccc2c(c1)OCO2. The van der Waals surface area contributed by atoms with Gasteiger partial charge in [0.1, 0.15) is 5.75 Å². The molecule has 2 aliphatic heterocycles. The number of aliphatic hydroxyl groups excluding tert-OH is 1. The van der Waals surface area contributed by atoms with E-state index in [1.807, 2.05) is 13.8 Å². The summed E-state index contributed by atoms with van der Waals surface area (Å²) in [5.74, 6) is 1.08. The molecule has 3 N–H and O–H groups in total. The van der Waals surface area contributed by atoms with Crippen molar-refractivity contribution in [2.24, 2.45) is 11.8 Å². The number of hydrogen-bond acceptors (Lipinski definition) is 8. The van der Waals surface area contributed by atoms with Gasteiger partial charge in [0.25, 0.3) is 5.91 Å². The van der Waals surface area contributed by atoms with Crippen LogP contribution in [0, 0.1) is 11.8 Å². The molecule has 4 amide bonds. The molecule has 0 radical (unpaired) electrons. The van der Waals surface area contributed by atoms with Crippen LogP contribution in [0.4, 0.5) is 16.2 Å². The topological polar surface area (TPSA) is 139 Å². The van der Waals surface area contributed by atoms with E-state index in [-0.39, 0.29) is 62.3 Å². The van der Waals surface area contributed by atoms with Gasteiger partial charge in [0, 0.05) is 56.0 Å². The van der Waals surface area contributed by atoms with Crippen LogP contribution < -0.4 is 24.8 Å². The summed E-state index contributed by atoms with van der Waals surface area (Å²) in [7, 11) is 1.71. The number of benzene rings is 2. The fourth-order valence-corrected chi connectivity index (χ4v) is 6.62.